The zero-order valence-electron chi connectivity index (χ0n) is 17.2. The highest BCUT2D eigenvalue weighted by Gasteiger charge is 2.46. The van der Waals surface area contributed by atoms with Gasteiger partial charge in [0.05, 0.1) is 0 Å². The molecule has 0 unspecified atom stereocenters. The fraction of sp³-hybridized carbons (Fsp3) is 0.455. The van der Waals surface area contributed by atoms with Crippen LogP contribution in [0.3, 0.4) is 0 Å². The molecule has 144 valence electrons. The lowest BCUT2D eigenvalue weighted by atomic mass is 10.2. The van der Waals surface area contributed by atoms with Gasteiger partial charge in [-0.2, -0.15) is 22.2 Å². The van der Waals surface area contributed by atoms with E-state index in [0.717, 1.165) is 0 Å². The molecule has 0 aromatic heterocycles. The Morgan fingerprint density at radius 2 is 1.15 bits per heavy atom. The summed E-state index contributed by atoms with van der Waals surface area (Å²) in [5.41, 5.74) is 0. The summed E-state index contributed by atoms with van der Waals surface area (Å²) in [5, 5.41) is 2.63. The Hall–Kier alpha value is -0.546. The van der Waals surface area contributed by atoms with Gasteiger partial charge in [0.15, 0.2) is 0 Å². The van der Waals surface area contributed by atoms with Crippen LogP contribution in [0.4, 0.5) is 0 Å². The average Bonchev–Trinajstić information content (AvgIpc) is 2.59. The van der Waals surface area contributed by atoms with Crippen LogP contribution >= 0.6 is 22.2 Å². The van der Waals surface area contributed by atoms with Crippen LogP contribution in [0.15, 0.2) is 60.7 Å². The first-order valence-corrected chi connectivity index (χ1v) is 16.7. The molecule has 2 rings (SSSR count). The first-order chi connectivity index (χ1) is 12.0. The first kappa shape index (κ1) is 23.5. The Bertz CT molecular complexity index is 589. The number of hydrogen-bond acceptors (Lipinski definition) is 0. The van der Waals surface area contributed by atoms with Crippen LogP contribution in [0, 0.1) is 0 Å². The van der Waals surface area contributed by atoms with Gasteiger partial charge >= 0.3 is 0 Å². The summed E-state index contributed by atoms with van der Waals surface area (Å²) >= 11 is 13.3. The summed E-state index contributed by atoms with van der Waals surface area (Å²) in [7, 11) is -3.44. The standard InChI is InChI=1S/C16H19ClSi.C6H15ClSi/c1-16(2,3)18(17,14-10-6-4-7-11-14)15-12-8-5-9-13-15;1-4-5-6-8(2,3)7/h4-13H,1-3H3;4-6H2,1-3H3. The molecule has 0 fully saturated rings. The van der Waals surface area contributed by atoms with Crippen LogP contribution in [0.5, 0.6) is 0 Å². The van der Waals surface area contributed by atoms with E-state index in [-0.39, 0.29) is 5.04 Å². The predicted molar refractivity (Wildman–Crippen MR) is 127 cm³/mol. The van der Waals surface area contributed by atoms with E-state index >= 15 is 0 Å². The van der Waals surface area contributed by atoms with Crippen LogP contribution in [0.25, 0.3) is 0 Å². The first-order valence-electron chi connectivity index (χ1n) is 9.51. The van der Waals surface area contributed by atoms with Crippen LogP contribution in [-0.4, -0.2) is 14.8 Å². The lowest BCUT2D eigenvalue weighted by molar-refractivity contribution is 0.744. The van der Waals surface area contributed by atoms with E-state index in [0.29, 0.717) is 0 Å². The molecular weight excluding hydrogens is 391 g/mol. The van der Waals surface area contributed by atoms with Gasteiger partial charge in [-0.1, -0.05) is 114 Å². The molecule has 0 heterocycles. The fourth-order valence-corrected chi connectivity index (χ4v) is 8.69. The Labute approximate surface area is 172 Å². The van der Waals surface area contributed by atoms with E-state index in [1.165, 1.54) is 29.3 Å². The minimum absolute atomic E-state index is 0.0667. The molecule has 0 radical (unpaired) electrons. The number of benzene rings is 2. The van der Waals surface area contributed by atoms with Crippen molar-refractivity contribution in [2.24, 2.45) is 0 Å². The largest absolute Gasteiger partial charge is 0.222 e. The van der Waals surface area contributed by atoms with Crippen molar-refractivity contribution in [1.82, 2.24) is 0 Å². The molecule has 2 aromatic rings. The molecule has 0 aliphatic carbocycles. The van der Waals surface area contributed by atoms with Gasteiger partial charge in [0.2, 0.25) is 7.38 Å². The van der Waals surface area contributed by atoms with Crippen molar-refractivity contribution in [2.75, 3.05) is 0 Å². The third-order valence-corrected chi connectivity index (χ3v) is 13.9. The number of unbranched alkanes of at least 4 members (excludes halogenated alkanes) is 1. The van der Waals surface area contributed by atoms with Gasteiger partial charge in [-0.25, -0.2) is 0 Å². The molecule has 2 aromatic carbocycles. The molecule has 0 nitrogen and oxygen atoms in total. The molecule has 26 heavy (non-hydrogen) atoms. The summed E-state index contributed by atoms with van der Waals surface area (Å²) in [6.45, 7) is 13.3. The smallest absolute Gasteiger partial charge is 0.168 e. The normalized spacial score (nSPS) is 12.3. The van der Waals surface area contributed by atoms with E-state index in [1.807, 2.05) is 12.1 Å². The Morgan fingerprint density at radius 1 is 0.769 bits per heavy atom. The van der Waals surface area contributed by atoms with Gasteiger partial charge < -0.3 is 0 Å². The molecule has 0 amide bonds. The maximum absolute atomic E-state index is 7.21. The van der Waals surface area contributed by atoms with Crippen molar-refractivity contribution in [3.8, 4) is 0 Å². The molecule has 0 saturated heterocycles. The van der Waals surface area contributed by atoms with Crippen LogP contribution < -0.4 is 10.4 Å². The highest BCUT2D eigenvalue weighted by Crippen LogP contribution is 2.38. The maximum Gasteiger partial charge on any atom is 0.222 e. The third-order valence-electron chi connectivity index (χ3n) is 4.50. The van der Waals surface area contributed by atoms with E-state index in [2.05, 4.69) is 89.3 Å². The van der Waals surface area contributed by atoms with Crippen molar-refractivity contribution in [3.05, 3.63) is 60.7 Å². The molecule has 0 bridgehead atoms. The molecule has 0 spiro atoms. The van der Waals surface area contributed by atoms with Crippen molar-refractivity contribution in [3.63, 3.8) is 0 Å². The average molecular weight is 426 g/mol. The van der Waals surface area contributed by atoms with Crippen LogP contribution in [0.1, 0.15) is 40.5 Å². The summed E-state index contributed by atoms with van der Waals surface area (Å²) in [4.78, 5) is 0. The minimum atomic E-state index is -2.23. The van der Waals surface area contributed by atoms with Gasteiger partial charge in [-0.3, -0.25) is 0 Å². The van der Waals surface area contributed by atoms with Crippen molar-refractivity contribution >= 4 is 47.3 Å². The number of halogens is 2. The van der Waals surface area contributed by atoms with E-state index in [1.54, 1.807) is 0 Å². The number of rotatable bonds is 5. The maximum atomic E-state index is 7.21. The zero-order chi connectivity index (χ0) is 19.8. The van der Waals surface area contributed by atoms with E-state index < -0.39 is 14.8 Å². The number of hydrogen-bond donors (Lipinski definition) is 0. The predicted octanol–water partition coefficient (Wildman–Crippen LogP) is 7.02. The zero-order valence-corrected chi connectivity index (χ0v) is 20.7. The van der Waals surface area contributed by atoms with Crippen molar-refractivity contribution in [1.29, 1.82) is 0 Å². The van der Waals surface area contributed by atoms with Gasteiger partial charge in [0.1, 0.15) is 7.38 Å². The van der Waals surface area contributed by atoms with Crippen LogP contribution in [0.2, 0.25) is 24.2 Å². The molecule has 0 atom stereocenters. The Kier molecular flexibility index (Phi) is 9.15. The van der Waals surface area contributed by atoms with Gasteiger partial charge in [0, 0.05) is 0 Å². The molecule has 0 saturated carbocycles. The summed E-state index contributed by atoms with van der Waals surface area (Å²) in [6.07, 6.45) is 2.59. The second-order valence-electron chi connectivity index (χ2n) is 8.46. The Morgan fingerprint density at radius 3 is 1.38 bits per heavy atom. The van der Waals surface area contributed by atoms with E-state index in [9.17, 15) is 0 Å². The highest BCUT2D eigenvalue weighted by atomic mass is 35.6. The quantitative estimate of drug-likeness (QED) is 0.357. The van der Waals surface area contributed by atoms with E-state index in [4.69, 9.17) is 22.2 Å². The molecule has 4 heteroatoms. The van der Waals surface area contributed by atoms with Gasteiger partial charge in [0.25, 0.3) is 0 Å². The second kappa shape index (κ2) is 10.1. The monoisotopic (exact) mass is 424 g/mol. The fourth-order valence-electron chi connectivity index (χ4n) is 2.97. The molecule has 0 aliphatic rings. The summed E-state index contributed by atoms with van der Waals surface area (Å²) in [6, 6.07) is 22.3. The topological polar surface area (TPSA) is 0 Å². The minimum Gasteiger partial charge on any atom is -0.168 e. The highest BCUT2D eigenvalue weighted by molar-refractivity contribution is 7.35. The third kappa shape index (κ3) is 6.88. The summed E-state index contributed by atoms with van der Waals surface area (Å²) < 4.78 is 0. The summed E-state index contributed by atoms with van der Waals surface area (Å²) in [5.74, 6) is 0. The molecular formula is C22H34Cl2Si2. The van der Waals surface area contributed by atoms with Gasteiger partial charge in [-0.05, 0) is 21.5 Å². The lowest BCUT2D eigenvalue weighted by Crippen LogP contribution is -2.59. The lowest BCUT2D eigenvalue weighted by Gasteiger charge is -2.38. The van der Waals surface area contributed by atoms with Crippen LogP contribution in [-0.2, 0) is 0 Å². The molecule has 0 aliphatic heterocycles. The van der Waals surface area contributed by atoms with Gasteiger partial charge in [-0.15, -0.1) is 0 Å². The second-order valence-corrected chi connectivity index (χ2v) is 21.1. The van der Waals surface area contributed by atoms with Crippen molar-refractivity contribution < 1.29 is 0 Å². The molecule has 0 N–H and O–H groups in total. The Balaban J connectivity index is 0.000000359. The van der Waals surface area contributed by atoms with Crippen molar-refractivity contribution in [2.45, 2.75) is 64.7 Å². The SMILES string of the molecule is CC(C)(C)[Si](Cl)(c1ccccc1)c1ccccc1.CCCC[Si](C)(C)Cl.